The maximum Gasteiger partial charge on any atom is 0.132 e. The van der Waals surface area contributed by atoms with Crippen LogP contribution in [0.1, 0.15) is 19.4 Å². The van der Waals surface area contributed by atoms with Crippen LogP contribution < -0.4 is 4.90 Å². The highest BCUT2D eigenvalue weighted by molar-refractivity contribution is 9.08. The monoisotopic (exact) mass is 313 g/mol. The van der Waals surface area contributed by atoms with E-state index in [1.54, 1.807) is 0 Å². The molecule has 0 saturated heterocycles. The molecule has 1 rings (SSSR count). The van der Waals surface area contributed by atoms with Gasteiger partial charge >= 0.3 is 0 Å². The van der Waals surface area contributed by atoms with Crippen molar-refractivity contribution in [3.05, 3.63) is 23.9 Å². The van der Waals surface area contributed by atoms with Crippen LogP contribution in [0.4, 0.5) is 5.82 Å². The van der Waals surface area contributed by atoms with E-state index in [9.17, 15) is 0 Å². The molecule has 0 spiro atoms. The third-order valence-electron chi connectivity index (χ3n) is 2.71. The number of likely N-dealkylation sites (N-methyl/N-ethyl adjacent to an activating group) is 1. The van der Waals surface area contributed by atoms with Gasteiger partial charge in [0.2, 0.25) is 0 Å². The topological polar surface area (TPSA) is 19.4 Å². The number of alkyl halides is 1. The van der Waals surface area contributed by atoms with E-state index in [4.69, 9.17) is 0 Å². The Morgan fingerprint density at radius 1 is 1.28 bits per heavy atom. The van der Waals surface area contributed by atoms with E-state index in [1.165, 1.54) is 5.56 Å². The summed E-state index contributed by atoms with van der Waals surface area (Å²) in [6.07, 6.45) is 1.88. The van der Waals surface area contributed by atoms with Gasteiger partial charge in [0.15, 0.2) is 0 Å². The van der Waals surface area contributed by atoms with Crippen LogP contribution in [-0.4, -0.2) is 43.6 Å². The van der Waals surface area contributed by atoms with Gasteiger partial charge in [-0.3, -0.25) is 0 Å². The first kappa shape index (κ1) is 15.4. The molecule has 0 aromatic carbocycles. The average Bonchev–Trinajstić information content (AvgIpc) is 2.33. The molecule has 0 bridgehead atoms. The SMILES string of the molecule is CC(C)CN(CCN(C)C)c1ncccc1CBr. The number of halogens is 1. The molecule has 0 atom stereocenters. The first-order valence-corrected chi connectivity index (χ1v) is 7.56. The third-order valence-corrected chi connectivity index (χ3v) is 3.32. The smallest absolute Gasteiger partial charge is 0.132 e. The second-order valence-electron chi connectivity index (χ2n) is 5.26. The first-order chi connectivity index (χ1) is 8.54. The third kappa shape index (κ3) is 4.94. The molecule has 0 aliphatic carbocycles. The number of aromatic nitrogens is 1. The summed E-state index contributed by atoms with van der Waals surface area (Å²) in [6, 6.07) is 4.14. The summed E-state index contributed by atoms with van der Waals surface area (Å²) in [5.41, 5.74) is 1.26. The van der Waals surface area contributed by atoms with Crippen molar-refractivity contribution in [2.45, 2.75) is 19.2 Å². The summed E-state index contributed by atoms with van der Waals surface area (Å²) in [6.45, 7) is 7.61. The highest BCUT2D eigenvalue weighted by atomic mass is 79.9. The normalized spacial score (nSPS) is 11.3. The molecule has 1 aromatic heterocycles. The lowest BCUT2D eigenvalue weighted by atomic mass is 10.2. The average molecular weight is 314 g/mol. The summed E-state index contributed by atoms with van der Waals surface area (Å²) in [5, 5.41) is 0.854. The second kappa shape index (κ2) is 7.74. The first-order valence-electron chi connectivity index (χ1n) is 6.44. The van der Waals surface area contributed by atoms with E-state index in [2.05, 4.69) is 64.7 Å². The van der Waals surface area contributed by atoms with Gasteiger partial charge in [0.25, 0.3) is 0 Å². The van der Waals surface area contributed by atoms with E-state index in [-0.39, 0.29) is 0 Å². The molecule has 0 aliphatic heterocycles. The van der Waals surface area contributed by atoms with Gasteiger partial charge in [-0.1, -0.05) is 35.8 Å². The maximum atomic E-state index is 4.56. The van der Waals surface area contributed by atoms with Crippen LogP contribution in [0.25, 0.3) is 0 Å². The molecule has 102 valence electrons. The number of hydrogen-bond acceptors (Lipinski definition) is 3. The van der Waals surface area contributed by atoms with Gasteiger partial charge < -0.3 is 9.80 Å². The minimum absolute atomic E-state index is 0.636. The predicted molar refractivity (Wildman–Crippen MR) is 82.5 cm³/mol. The molecule has 0 saturated carbocycles. The molecule has 3 nitrogen and oxygen atoms in total. The van der Waals surface area contributed by atoms with Crippen LogP contribution in [0.3, 0.4) is 0 Å². The summed E-state index contributed by atoms with van der Waals surface area (Å²) < 4.78 is 0. The zero-order valence-electron chi connectivity index (χ0n) is 11.9. The van der Waals surface area contributed by atoms with Crippen molar-refractivity contribution in [2.24, 2.45) is 5.92 Å². The van der Waals surface area contributed by atoms with Crippen molar-refractivity contribution < 1.29 is 0 Å². The van der Waals surface area contributed by atoms with Crippen molar-refractivity contribution in [1.82, 2.24) is 9.88 Å². The van der Waals surface area contributed by atoms with Gasteiger partial charge in [0, 0.05) is 36.7 Å². The van der Waals surface area contributed by atoms with Crippen LogP contribution >= 0.6 is 15.9 Å². The van der Waals surface area contributed by atoms with E-state index < -0.39 is 0 Å². The summed E-state index contributed by atoms with van der Waals surface area (Å²) in [4.78, 5) is 9.16. The van der Waals surface area contributed by atoms with Crippen LogP contribution in [-0.2, 0) is 5.33 Å². The van der Waals surface area contributed by atoms with Gasteiger partial charge in [0.05, 0.1) is 0 Å². The van der Waals surface area contributed by atoms with Crippen LogP contribution in [0, 0.1) is 5.92 Å². The predicted octanol–water partition coefficient (Wildman–Crippen LogP) is 3.00. The number of hydrogen-bond donors (Lipinski definition) is 0. The zero-order chi connectivity index (χ0) is 13.5. The van der Waals surface area contributed by atoms with Crippen molar-refractivity contribution in [3.63, 3.8) is 0 Å². The van der Waals surface area contributed by atoms with Gasteiger partial charge in [-0.2, -0.15) is 0 Å². The molecule has 18 heavy (non-hydrogen) atoms. The fourth-order valence-corrected chi connectivity index (χ4v) is 2.30. The van der Waals surface area contributed by atoms with Gasteiger partial charge in [0.1, 0.15) is 5.82 Å². The summed E-state index contributed by atoms with van der Waals surface area (Å²) in [5.74, 6) is 1.75. The lowest BCUT2D eigenvalue weighted by Crippen LogP contribution is -2.35. The standard InChI is InChI=1S/C14H24BrN3/c1-12(2)11-18(9-8-17(3)4)14-13(10-15)6-5-7-16-14/h5-7,12H,8-11H2,1-4H3. The highest BCUT2D eigenvalue weighted by Crippen LogP contribution is 2.20. The number of rotatable bonds is 7. The molecular formula is C14H24BrN3. The van der Waals surface area contributed by atoms with E-state index in [1.807, 2.05) is 12.3 Å². The van der Waals surface area contributed by atoms with Crippen molar-refractivity contribution >= 4 is 21.7 Å². The number of anilines is 1. The lowest BCUT2D eigenvalue weighted by molar-refractivity contribution is 0.408. The Morgan fingerprint density at radius 2 is 2.00 bits per heavy atom. The Hall–Kier alpha value is -0.610. The quantitative estimate of drug-likeness (QED) is 0.721. The van der Waals surface area contributed by atoms with Gasteiger partial charge in [-0.25, -0.2) is 4.98 Å². The number of pyridine rings is 1. The minimum atomic E-state index is 0.636. The molecule has 0 aliphatic rings. The Bertz CT molecular complexity index is 353. The number of nitrogens with zero attached hydrogens (tertiary/aromatic N) is 3. The fourth-order valence-electron chi connectivity index (χ4n) is 1.86. The molecule has 1 aromatic rings. The van der Waals surface area contributed by atoms with Crippen molar-refractivity contribution in [2.75, 3.05) is 38.6 Å². The molecule has 0 radical (unpaired) electrons. The van der Waals surface area contributed by atoms with Crippen LogP contribution in [0.15, 0.2) is 18.3 Å². The fraction of sp³-hybridized carbons (Fsp3) is 0.643. The van der Waals surface area contributed by atoms with Gasteiger partial charge in [-0.15, -0.1) is 0 Å². The van der Waals surface area contributed by atoms with Crippen molar-refractivity contribution in [1.29, 1.82) is 0 Å². The van der Waals surface area contributed by atoms with Crippen molar-refractivity contribution in [3.8, 4) is 0 Å². The highest BCUT2D eigenvalue weighted by Gasteiger charge is 2.13. The minimum Gasteiger partial charge on any atom is -0.355 e. The van der Waals surface area contributed by atoms with E-state index in [0.717, 1.165) is 30.8 Å². The maximum absolute atomic E-state index is 4.56. The molecular weight excluding hydrogens is 290 g/mol. The molecule has 0 N–H and O–H groups in total. The Kier molecular flexibility index (Phi) is 6.65. The summed E-state index contributed by atoms with van der Waals surface area (Å²) >= 11 is 3.55. The van der Waals surface area contributed by atoms with Gasteiger partial charge in [-0.05, 0) is 26.1 Å². The van der Waals surface area contributed by atoms with E-state index in [0.29, 0.717) is 5.92 Å². The Labute approximate surface area is 119 Å². The molecule has 0 unspecified atom stereocenters. The largest absolute Gasteiger partial charge is 0.355 e. The molecule has 0 fully saturated rings. The zero-order valence-corrected chi connectivity index (χ0v) is 13.4. The molecule has 1 heterocycles. The molecule has 4 heteroatoms. The van der Waals surface area contributed by atoms with E-state index >= 15 is 0 Å². The Balaban J connectivity index is 2.86. The lowest BCUT2D eigenvalue weighted by Gasteiger charge is -2.28. The Morgan fingerprint density at radius 3 is 2.56 bits per heavy atom. The molecule has 0 amide bonds. The second-order valence-corrected chi connectivity index (χ2v) is 5.82. The van der Waals surface area contributed by atoms with Crippen LogP contribution in [0.2, 0.25) is 0 Å². The van der Waals surface area contributed by atoms with Crippen LogP contribution in [0.5, 0.6) is 0 Å². The summed E-state index contributed by atoms with van der Waals surface area (Å²) in [7, 11) is 4.22.